The molecule has 3 aromatic rings. The molecule has 1 fully saturated rings. The monoisotopic (exact) mass is 383 g/mol. The van der Waals surface area contributed by atoms with Gasteiger partial charge in [0.25, 0.3) is 0 Å². The van der Waals surface area contributed by atoms with Crippen molar-refractivity contribution >= 4 is 11.5 Å². The molecule has 1 N–H and O–H groups in total. The van der Waals surface area contributed by atoms with E-state index in [1.165, 1.54) is 18.7 Å². The lowest BCUT2D eigenvalue weighted by Crippen LogP contribution is -2.55. The Morgan fingerprint density at radius 2 is 2.04 bits per heavy atom. The van der Waals surface area contributed by atoms with Gasteiger partial charge in [-0.2, -0.15) is 9.61 Å². The molecule has 0 saturated carbocycles. The molecule has 2 aliphatic heterocycles. The van der Waals surface area contributed by atoms with Crippen molar-refractivity contribution in [2.24, 2.45) is 0 Å². The van der Waals surface area contributed by atoms with Gasteiger partial charge >= 0.3 is 0 Å². The number of fused-ring (bicyclic) bond motifs is 2. The third kappa shape index (κ3) is 2.93. The maximum absolute atomic E-state index is 14.2. The molecule has 146 valence electrons. The molecule has 2 aromatic heterocycles. The van der Waals surface area contributed by atoms with Gasteiger partial charge in [0, 0.05) is 30.7 Å². The molecule has 7 nitrogen and oxygen atoms in total. The Hall–Kier alpha value is -2.87. The minimum absolute atomic E-state index is 0.0683. The number of halogens is 1. The van der Waals surface area contributed by atoms with Gasteiger partial charge in [0.05, 0.1) is 32.1 Å². The summed E-state index contributed by atoms with van der Waals surface area (Å²) in [5, 5.41) is 7.92. The summed E-state index contributed by atoms with van der Waals surface area (Å²) in [5.41, 5.74) is 3.25. The Morgan fingerprint density at radius 1 is 1.18 bits per heavy atom. The second-order valence-electron chi connectivity index (χ2n) is 7.15. The fourth-order valence-corrected chi connectivity index (χ4v) is 3.91. The number of rotatable bonds is 4. The normalized spacial score (nSPS) is 17.1. The molecule has 8 heteroatoms. The summed E-state index contributed by atoms with van der Waals surface area (Å²) in [4.78, 5) is 7.04. The smallest absolute Gasteiger partial charge is 0.168 e. The van der Waals surface area contributed by atoms with Crippen LogP contribution in [0.25, 0.3) is 5.65 Å². The Bertz CT molecular complexity index is 1020. The molecule has 0 spiro atoms. The van der Waals surface area contributed by atoms with Crippen molar-refractivity contribution in [1.29, 1.82) is 0 Å². The highest BCUT2D eigenvalue weighted by atomic mass is 19.1. The summed E-state index contributed by atoms with van der Waals surface area (Å²) < 4.78 is 27.0. The topological polar surface area (TPSA) is 63.9 Å². The zero-order chi connectivity index (χ0) is 19.1. The number of nitrogens with one attached hydrogen (secondary N) is 1. The lowest BCUT2D eigenvalue weighted by Gasteiger charge is -2.41. The molecule has 0 unspecified atom stereocenters. The van der Waals surface area contributed by atoms with Crippen molar-refractivity contribution in [2.45, 2.75) is 18.9 Å². The number of nitrogens with zero attached hydrogens (tertiary/aromatic N) is 4. The van der Waals surface area contributed by atoms with E-state index in [1.54, 1.807) is 18.3 Å². The second-order valence-corrected chi connectivity index (χ2v) is 7.15. The standard InChI is InChI=1S/C20H22FN5O2/c1-27-13-2-3-18(16(21)10-13)28-14-11-25(12-14)20-15-4-7-22-8-5-17(15)24-19-6-9-23-26(19)20/h2-3,6,9-10,14,22H,4-5,7-8,11-12H2,1H3. The van der Waals surface area contributed by atoms with Crippen molar-refractivity contribution in [3.8, 4) is 11.5 Å². The minimum Gasteiger partial charge on any atom is -0.497 e. The number of hydrogen-bond acceptors (Lipinski definition) is 6. The Balaban J connectivity index is 1.38. The van der Waals surface area contributed by atoms with Gasteiger partial charge in [-0.25, -0.2) is 9.37 Å². The van der Waals surface area contributed by atoms with Crippen LogP contribution in [0.3, 0.4) is 0 Å². The molecule has 1 aromatic carbocycles. The third-order valence-electron chi connectivity index (χ3n) is 5.36. The first-order valence-corrected chi connectivity index (χ1v) is 9.54. The van der Waals surface area contributed by atoms with Crippen LogP contribution in [0.1, 0.15) is 11.3 Å². The molecule has 0 radical (unpaired) electrons. The fourth-order valence-electron chi connectivity index (χ4n) is 3.91. The van der Waals surface area contributed by atoms with Crippen LogP contribution in [-0.2, 0) is 12.8 Å². The average Bonchev–Trinajstić information content (AvgIpc) is 3.01. The number of aromatic nitrogens is 3. The van der Waals surface area contributed by atoms with Crippen LogP contribution in [0.2, 0.25) is 0 Å². The van der Waals surface area contributed by atoms with E-state index in [0.29, 0.717) is 18.8 Å². The van der Waals surface area contributed by atoms with Gasteiger partial charge in [0.15, 0.2) is 17.2 Å². The molecule has 1 saturated heterocycles. The van der Waals surface area contributed by atoms with Crippen LogP contribution in [0.15, 0.2) is 30.5 Å². The Morgan fingerprint density at radius 3 is 2.86 bits per heavy atom. The summed E-state index contributed by atoms with van der Waals surface area (Å²) in [5.74, 6) is 1.42. The van der Waals surface area contributed by atoms with Crippen LogP contribution in [0.4, 0.5) is 10.2 Å². The second kappa shape index (κ2) is 6.94. The minimum atomic E-state index is -0.406. The van der Waals surface area contributed by atoms with Crippen LogP contribution >= 0.6 is 0 Å². The van der Waals surface area contributed by atoms with Gasteiger partial charge in [-0.05, 0) is 25.1 Å². The third-order valence-corrected chi connectivity index (χ3v) is 5.36. The lowest BCUT2D eigenvalue weighted by molar-refractivity contribution is 0.159. The van der Waals surface area contributed by atoms with E-state index in [2.05, 4.69) is 15.3 Å². The highest BCUT2D eigenvalue weighted by molar-refractivity contribution is 5.59. The predicted octanol–water partition coefficient (Wildman–Crippen LogP) is 1.83. The van der Waals surface area contributed by atoms with Gasteiger partial charge in [-0.15, -0.1) is 0 Å². The maximum atomic E-state index is 14.2. The summed E-state index contributed by atoms with van der Waals surface area (Å²) >= 11 is 0. The molecule has 5 rings (SSSR count). The van der Waals surface area contributed by atoms with Gasteiger partial charge in [0.1, 0.15) is 17.7 Å². The molecule has 2 aliphatic rings. The predicted molar refractivity (Wildman–Crippen MR) is 103 cm³/mol. The summed E-state index contributed by atoms with van der Waals surface area (Å²) in [6.07, 6.45) is 3.54. The number of benzene rings is 1. The van der Waals surface area contributed by atoms with E-state index < -0.39 is 5.82 Å². The molecule has 0 bridgehead atoms. The zero-order valence-corrected chi connectivity index (χ0v) is 15.7. The van der Waals surface area contributed by atoms with Crippen LogP contribution in [-0.4, -0.2) is 54.0 Å². The van der Waals surface area contributed by atoms with E-state index in [9.17, 15) is 4.39 Å². The van der Waals surface area contributed by atoms with E-state index in [4.69, 9.17) is 14.5 Å². The van der Waals surface area contributed by atoms with Gasteiger partial charge in [-0.1, -0.05) is 0 Å². The first-order chi connectivity index (χ1) is 13.7. The molecule has 4 heterocycles. The van der Waals surface area contributed by atoms with Gasteiger partial charge in [0.2, 0.25) is 0 Å². The average molecular weight is 383 g/mol. The molecule has 0 aliphatic carbocycles. The Kier molecular flexibility index (Phi) is 4.27. The summed E-state index contributed by atoms with van der Waals surface area (Å²) in [6, 6.07) is 6.60. The van der Waals surface area contributed by atoms with Crippen LogP contribution in [0.5, 0.6) is 11.5 Å². The van der Waals surface area contributed by atoms with Crippen LogP contribution < -0.4 is 19.7 Å². The van der Waals surface area contributed by atoms with Crippen molar-refractivity contribution in [2.75, 3.05) is 38.2 Å². The number of anilines is 1. The van der Waals surface area contributed by atoms with E-state index in [1.807, 2.05) is 10.6 Å². The largest absolute Gasteiger partial charge is 0.497 e. The van der Waals surface area contributed by atoms with Crippen LogP contribution in [0, 0.1) is 5.82 Å². The highest BCUT2D eigenvalue weighted by Gasteiger charge is 2.34. The molecular weight excluding hydrogens is 361 g/mol. The van der Waals surface area contributed by atoms with E-state index in [-0.39, 0.29) is 11.9 Å². The summed E-state index contributed by atoms with van der Waals surface area (Å²) in [7, 11) is 1.52. The number of methoxy groups -OCH3 is 1. The van der Waals surface area contributed by atoms with Gasteiger partial charge in [-0.3, -0.25) is 0 Å². The van der Waals surface area contributed by atoms with Crippen molar-refractivity contribution in [3.05, 3.63) is 47.5 Å². The van der Waals surface area contributed by atoms with E-state index in [0.717, 1.165) is 43.1 Å². The Labute approximate surface area is 162 Å². The van der Waals surface area contributed by atoms with Crippen molar-refractivity contribution < 1.29 is 13.9 Å². The fraction of sp³-hybridized carbons (Fsp3) is 0.400. The quantitative estimate of drug-likeness (QED) is 0.742. The molecular formula is C20H22FN5O2. The summed E-state index contributed by atoms with van der Waals surface area (Å²) in [6.45, 7) is 3.24. The van der Waals surface area contributed by atoms with Crippen molar-refractivity contribution in [3.63, 3.8) is 0 Å². The SMILES string of the molecule is COc1ccc(OC2CN(c3c4c(nc5ccnn35)CCNCC4)C2)c(F)c1. The molecule has 28 heavy (non-hydrogen) atoms. The molecule has 0 amide bonds. The van der Waals surface area contributed by atoms with Gasteiger partial charge < -0.3 is 19.7 Å². The maximum Gasteiger partial charge on any atom is 0.168 e. The first-order valence-electron chi connectivity index (χ1n) is 9.54. The highest BCUT2D eigenvalue weighted by Crippen LogP contribution is 2.31. The lowest BCUT2D eigenvalue weighted by atomic mass is 10.1. The first kappa shape index (κ1) is 17.2. The zero-order valence-electron chi connectivity index (χ0n) is 15.7. The number of ether oxygens (including phenoxy) is 2. The molecule has 0 atom stereocenters. The number of hydrogen-bond donors (Lipinski definition) is 1. The van der Waals surface area contributed by atoms with Crippen molar-refractivity contribution in [1.82, 2.24) is 19.9 Å². The van der Waals surface area contributed by atoms with E-state index >= 15 is 0 Å².